The van der Waals surface area contributed by atoms with E-state index in [0.717, 1.165) is 22.5 Å². The van der Waals surface area contributed by atoms with Gasteiger partial charge in [0.2, 0.25) is 0 Å². The molecule has 0 heterocycles. The molecule has 0 fully saturated rings. The third-order valence-electron chi connectivity index (χ3n) is 4.82. The second-order valence-electron chi connectivity index (χ2n) is 8.50. The molecule has 0 aliphatic rings. The van der Waals surface area contributed by atoms with Gasteiger partial charge in [-0.1, -0.05) is 64.3 Å². The highest BCUT2D eigenvalue weighted by Gasteiger charge is 2.12. The van der Waals surface area contributed by atoms with E-state index in [1.54, 1.807) is 6.07 Å². The molecule has 30 heavy (non-hydrogen) atoms. The van der Waals surface area contributed by atoms with Crippen LogP contribution in [-0.2, 0) is 0 Å². The summed E-state index contributed by atoms with van der Waals surface area (Å²) in [5, 5.41) is 9.41. The Kier molecular flexibility index (Phi) is 7.28. The molecule has 4 heteroatoms. The first-order valence-corrected chi connectivity index (χ1v) is 9.89. The van der Waals surface area contributed by atoms with Crippen molar-refractivity contribution in [3.8, 4) is 0 Å². The molecule has 0 amide bonds. The molecule has 158 valence electrons. The van der Waals surface area contributed by atoms with Crippen molar-refractivity contribution in [2.24, 2.45) is 5.41 Å². The van der Waals surface area contributed by atoms with Crippen molar-refractivity contribution in [3.63, 3.8) is 0 Å². The molecule has 3 N–H and O–H groups in total. The molecule has 0 aromatic heterocycles. The van der Waals surface area contributed by atoms with Crippen molar-refractivity contribution in [2.45, 2.75) is 34.6 Å². The van der Waals surface area contributed by atoms with Crippen molar-refractivity contribution in [3.05, 3.63) is 102 Å². The number of hydrogen-bond donors (Lipinski definition) is 3. The number of benzene rings is 2. The average Bonchev–Trinajstić information content (AvgIpc) is 2.63. The Hall–Kier alpha value is -3.27. The lowest BCUT2D eigenvalue weighted by Crippen LogP contribution is -2.17. The Morgan fingerprint density at radius 2 is 1.60 bits per heavy atom. The number of allylic oxidation sites excluding steroid dienone is 2. The van der Waals surface area contributed by atoms with E-state index in [-0.39, 0.29) is 11.2 Å². The van der Waals surface area contributed by atoms with E-state index in [0.29, 0.717) is 17.2 Å². The van der Waals surface area contributed by atoms with E-state index in [1.807, 2.05) is 43.3 Å². The number of hydrogen-bond acceptors (Lipinski definition) is 3. The van der Waals surface area contributed by atoms with E-state index in [1.165, 1.54) is 11.6 Å². The van der Waals surface area contributed by atoms with E-state index in [2.05, 4.69) is 63.4 Å². The van der Waals surface area contributed by atoms with Gasteiger partial charge in [-0.25, -0.2) is 4.39 Å². The van der Waals surface area contributed by atoms with Crippen LogP contribution in [0.1, 0.15) is 38.8 Å². The lowest BCUT2D eigenvalue weighted by molar-refractivity contribution is 0.503. The number of anilines is 2. The van der Waals surface area contributed by atoms with Gasteiger partial charge in [0.05, 0.1) is 5.69 Å². The maximum absolute atomic E-state index is 14.0. The van der Waals surface area contributed by atoms with E-state index < -0.39 is 0 Å². The van der Waals surface area contributed by atoms with Gasteiger partial charge in [-0.05, 0) is 60.7 Å². The van der Waals surface area contributed by atoms with Gasteiger partial charge in [0.15, 0.2) is 0 Å². The van der Waals surface area contributed by atoms with Crippen LogP contribution in [0.4, 0.5) is 15.8 Å². The SMILES string of the molecule is C=C(/C=C(\C)C(C)(C)C)NC(=C)Nc1ccc(C(=C)Nc2ccc(C)cc2F)cc1. The van der Waals surface area contributed by atoms with Crippen molar-refractivity contribution in [1.29, 1.82) is 0 Å². The van der Waals surface area contributed by atoms with Crippen molar-refractivity contribution in [2.75, 3.05) is 10.6 Å². The molecule has 0 saturated heterocycles. The molecule has 3 nitrogen and oxygen atoms in total. The van der Waals surface area contributed by atoms with Gasteiger partial charge in [0.1, 0.15) is 11.6 Å². The zero-order chi connectivity index (χ0) is 22.5. The monoisotopic (exact) mass is 405 g/mol. The molecular weight excluding hydrogens is 373 g/mol. The first-order valence-electron chi connectivity index (χ1n) is 9.89. The highest BCUT2D eigenvalue weighted by atomic mass is 19.1. The number of halogens is 1. The third kappa shape index (κ3) is 6.66. The Labute approximate surface area is 180 Å². The first-order chi connectivity index (χ1) is 14.0. The number of rotatable bonds is 8. The fourth-order valence-corrected chi connectivity index (χ4v) is 2.62. The van der Waals surface area contributed by atoms with Gasteiger partial charge in [-0.3, -0.25) is 0 Å². The van der Waals surface area contributed by atoms with Gasteiger partial charge in [0.25, 0.3) is 0 Å². The van der Waals surface area contributed by atoms with E-state index >= 15 is 0 Å². The zero-order valence-corrected chi connectivity index (χ0v) is 18.6. The van der Waals surface area contributed by atoms with Crippen molar-refractivity contribution in [1.82, 2.24) is 5.32 Å². The first kappa shape index (κ1) is 23.0. The van der Waals surface area contributed by atoms with Gasteiger partial charge in [0, 0.05) is 17.1 Å². The van der Waals surface area contributed by atoms with Gasteiger partial charge in [-0.2, -0.15) is 0 Å². The summed E-state index contributed by atoms with van der Waals surface area (Å²) in [6.45, 7) is 22.5. The van der Waals surface area contributed by atoms with Crippen LogP contribution >= 0.6 is 0 Å². The summed E-state index contributed by atoms with van der Waals surface area (Å²) in [5.74, 6) is 0.331. The molecule has 0 radical (unpaired) electrons. The molecule has 0 atom stereocenters. The minimum absolute atomic E-state index is 0.0904. The maximum Gasteiger partial charge on any atom is 0.146 e. The van der Waals surface area contributed by atoms with Gasteiger partial charge < -0.3 is 16.0 Å². The lowest BCUT2D eigenvalue weighted by Gasteiger charge is -2.20. The summed E-state index contributed by atoms with van der Waals surface area (Å²) in [6, 6.07) is 12.7. The number of nitrogens with one attached hydrogen (secondary N) is 3. The maximum atomic E-state index is 14.0. The standard InChI is InChI=1S/C26H32FN3/c1-17-9-14-25(24(27)15-17)29-20(4)22-10-12-23(13-11-22)30-21(5)28-19(3)16-18(2)26(6,7)8/h9-16,28-30H,3-5H2,1-2,6-8H3/b18-16+. The van der Waals surface area contributed by atoms with E-state index in [9.17, 15) is 4.39 Å². The van der Waals surface area contributed by atoms with Crippen LogP contribution in [0.25, 0.3) is 5.70 Å². The molecule has 0 aliphatic heterocycles. The highest BCUT2D eigenvalue weighted by molar-refractivity contribution is 5.76. The van der Waals surface area contributed by atoms with E-state index in [4.69, 9.17) is 0 Å². The van der Waals surface area contributed by atoms with Crippen molar-refractivity contribution < 1.29 is 4.39 Å². The Balaban J connectivity index is 1.96. The Morgan fingerprint density at radius 1 is 0.967 bits per heavy atom. The number of aryl methyl sites for hydroxylation is 1. The normalized spacial score (nSPS) is 11.6. The van der Waals surface area contributed by atoms with Gasteiger partial charge >= 0.3 is 0 Å². The summed E-state index contributed by atoms with van der Waals surface area (Å²) in [6.07, 6.45) is 2.02. The molecule has 0 spiro atoms. The fourth-order valence-electron chi connectivity index (χ4n) is 2.62. The molecule has 0 bridgehead atoms. The summed E-state index contributed by atoms with van der Waals surface area (Å²) >= 11 is 0. The summed E-state index contributed by atoms with van der Waals surface area (Å²) in [4.78, 5) is 0. The average molecular weight is 406 g/mol. The van der Waals surface area contributed by atoms with Crippen LogP contribution in [-0.4, -0.2) is 0 Å². The van der Waals surface area contributed by atoms with Gasteiger partial charge in [-0.15, -0.1) is 0 Å². The van der Waals surface area contributed by atoms with Crippen LogP contribution in [0.15, 0.2) is 85.4 Å². The predicted octanol–water partition coefficient (Wildman–Crippen LogP) is 7.20. The van der Waals surface area contributed by atoms with Crippen molar-refractivity contribution >= 4 is 17.1 Å². The smallest absolute Gasteiger partial charge is 0.146 e. The predicted molar refractivity (Wildman–Crippen MR) is 128 cm³/mol. The molecule has 2 aromatic rings. The second kappa shape index (κ2) is 9.49. The fraction of sp³-hybridized carbons (Fsp3) is 0.231. The largest absolute Gasteiger partial charge is 0.353 e. The second-order valence-corrected chi connectivity index (χ2v) is 8.50. The topological polar surface area (TPSA) is 36.1 Å². The third-order valence-corrected chi connectivity index (χ3v) is 4.82. The highest BCUT2D eigenvalue weighted by Crippen LogP contribution is 2.25. The minimum atomic E-state index is -0.298. The lowest BCUT2D eigenvalue weighted by atomic mass is 9.87. The minimum Gasteiger partial charge on any atom is -0.353 e. The summed E-state index contributed by atoms with van der Waals surface area (Å²) in [7, 11) is 0. The molecule has 0 unspecified atom stereocenters. The molecule has 2 aromatic carbocycles. The van der Waals surface area contributed by atoms with Crippen LogP contribution < -0.4 is 16.0 Å². The molecule has 0 aliphatic carbocycles. The Bertz CT molecular complexity index is 976. The zero-order valence-electron chi connectivity index (χ0n) is 18.6. The van der Waals surface area contributed by atoms with Crippen LogP contribution in [0.3, 0.4) is 0 Å². The summed E-state index contributed by atoms with van der Waals surface area (Å²) in [5.41, 5.74) is 5.73. The quantitative estimate of drug-likeness (QED) is 0.407. The molecule has 2 rings (SSSR count). The summed E-state index contributed by atoms with van der Waals surface area (Å²) < 4.78 is 14.0. The molecular formula is C26H32FN3. The van der Waals surface area contributed by atoms with Crippen LogP contribution in [0.5, 0.6) is 0 Å². The van der Waals surface area contributed by atoms with Crippen LogP contribution in [0, 0.1) is 18.2 Å². The molecule has 0 saturated carbocycles. The Morgan fingerprint density at radius 3 is 2.17 bits per heavy atom. The van der Waals surface area contributed by atoms with Crippen LogP contribution in [0.2, 0.25) is 0 Å².